The molecule has 5 aliphatic carbocycles. The number of aliphatic hydroxyl groups excluding tert-OH is 5. The van der Waals surface area contributed by atoms with Crippen LogP contribution in [0, 0.1) is 16.2 Å². The average Bonchev–Trinajstić information content (AvgIpc) is 1.23. The Bertz CT molecular complexity index is 4340. The van der Waals surface area contributed by atoms with E-state index in [1.54, 1.807) is 62.6 Å². The molecule has 0 aromatic carbocycles. The second-order valence-electron chi connectivity index (χ2n) is 29.7. The van der Waals surface area contributed by atoms with Crippen LogP contribution in [0.2, 0.25) is 0 Å². The maximum atomic E-state index is 12.8. The molecule has 1 aliphatic heterocycles. The number of aliphatic carboxylic acids is 1. The average molecular weight is 1460 g/mol. The summed E-state index contributed by atoms with van der Waals surface area (Å²) >= 11 is 0. The first-order valence-corrected chi connectivity index (χ1v) is 37.1. The van der Waals surface area contributed by atoms with E-state index in [4.69, 9.17) is 5.11 Å². The van der Waals surface area contributed by atoms with Crippen molar-refractivity contribution in [2.24, 2.45) is 16.2 Å². The number of amides is 1. The van der Waals surface area contributed by atoms with E-state index in [-0.39, 0.29) is 39.0 Å². The molecule has 18 nitrogen and oxygen atoms in total. The molecule has 7 rings (SSSR count). The van der Waals surface area contributed by atoms with Gasteiger partial charge < -0.3 is 36.0 Å². The molecule has 566 valence electrons. The number of H-pyrrole nitrogens is 2. The van der Waals surface area contributed by atoms with Crippen molar-refractivity contribution >= 4 is 39.5 Å². The van der Waals surface area contributed by atoms with E-state index in [2.05, 4.69) is 81.3 Å². The minimum atomic E-state index is -3.60. The predicted molar refractivity (Wildman–Crippen MR) is 426 cm³/mol. The summed E-state index contributed by atoms with van der Waals surface area (Å²) in [7, 11) is -0.608. The lowest BCUT2D eigenvalue weighted by Gasteiger charge is -2.36. The lowest BCUT2D eigenvalue weighted by atomic mass is 9.74. The summed E-state index contributed by atoms with van der Waals surface area (Å²) in [5.74, 6) is -0.803. The van der Waals surface area contributed by atoms with E-state index in [0.717, 1.165) is 131 Å². The van der Waals surface area contributed by atoms with Crippen molar-refractivity contribution in [3.63, 3.8) is 0 Å². The third-order valence-corrected chi connectivity index (χ3v) is 21.2. The molecular formula is C86H113N5O13S. The Morgan fingerprint density at radius 2 is 0.886 bits per heavy atom. The Balaban J connectivity index is 0.000000297. The highest BCUT2D eigenvalue weighted by Gasteiger charge is 2.46. The van der Waals surface area contributed by atoms with Crippen molar-refractivity contribution in [1.82, 2.24) is 25.0 Å². The van der Waals surface area contributed by atoms with Gasteiger partial charge >= 0.3 is 5.97 Å². The Morgan fingerprint density at radius 1 is 0.505 bits per heavy atom. The van der Waals surface area contributed by atoms with Gasteiger partial charge in [0.05, 0.1) is 29.5 Å². The number of carbonyl (C=O) groups excluding carboxylic acids is 3. The third-order valence-electron chi connectivity index (χ3n) is 18.6. The molecule has 0 bridgehead atoms. The van der Waals surface area contributed by atoms with Crippen LogP contribution in [0.1, 0.15) is 193 Å². The number of aliphatic hydroxyl groups is 5. The molecule has 1 aromatic heterocycles. The molecule has 0 spiro atoms. The summed E-state index contributed by atoms with van der Waals surface area (Å²) in [6, 6.07) is 0. The molecule has 0 saturated heterocycles. The quantitative estimate of drug-likeness (QED) is 0.0296. The number of rotatable bonds is 22. The fourth-order valence-corrected chi connectivity index (χ4v) is 14.1. The van der Waals surface area contributed by atoms with Crippen molar-refractivity contribution in [3.05, 3.63) is 281 Å². The Morgan fingerprint density at radius 3 is 1.26 bits per heavy atom. The van der Waals surface area contributed by atoms with Crippen LogP contribution in [0.3, 0.4) is 0 Å². The third kappa shape index (κ3) is 28.3. The van der Waals surface area contributed by atoms with Gasteiger partial charge in [0, 0.05) is 69.3 Å². The summed E-state index contributed by atoms with van der Waals surface area (Å²) in [6.07, 6.45) is 59.2. The Hall–Kier alpha value is -9.85. The van der Waals surface area contributed by atoms with Gasteiger partial charge in [-0.3, -0.25) is 19.2 Å². The summed E-state index contributed by atoms with van der Waals surface area (Å²) in [5, 5.41) is 70.4. The van der Waals surface area contributed by atoms with Crippen molar-refractivity contribution in [3.8, 4) is 0 Å². The largest absolute Gasteiger partial charge is 0.512 e. The van der Waals surface area contributed by atoms with Crippen molar-refractivity contribution in [2.75, 3.05) is 14.1 Å². The SMILES string of the molecule is CC(/C=C/C1=C(O)CCCC1(C)C)=C\C=C\C(C)=C\C1=CC(=O)C=C(O)C1=O.CC(/C=C/C1=C(O)CCCC1(C)C)=C\C=C\C(C)=C\C1=CNC(=O)C1.CC(/C=C/C1=C(O)CCCC1(C)C)=C\C=C\C(C)=C\c1n[nH][nH]c1=O.CC(/C=C/C1=C(O)CCC[C@]1(C)S(=O)(=O)N(C)C)=C\C=C\C(C)=C\C(=O)O. The highest BCUT2D eigenvalue weighted by Crippen LogP contribution is 2.44. The fraction of sp³-hybridized carbons (Fsp3) is 0.395. The first kappa shape index (κ1) is 87.6. The minimum Gasteiger partial charge on any atom is -0.512 e. The molecule has 6 aliphatic rings. The molecule has 2 heterocycles. The monoisotopic (exact) mass is 1460 g/mol. The number of hydrogen-bond donors (Lipinski definition) is 9. The van der Waals surface area contributed by atoms with Gasteiger partial charge in [0.25, 0.3) is 5.56 Å². The first-order valence-electron chi connectivity index (χ1n) is 35.6. The fourth-order valence-electron chi connectivity index (χ4n) is 12.4. The molecule has 0 radical (unpaired) electrons. The molecular weight excluding hydrogens is 1340 g/mol. The summed E-state index contributed by atoms with van der Waals surface area (Å²) in [5.41, 5.74) is 12.3. The van der Waals surface area contributed by atoms with Gasteiger partial charge in [0.1, 0.15) is 4.75 Å². The number of carboxylic acid groups (broad SMARTS) is 1. The van der Waals surface area contributed by atoms with E-state index in [9.17, 15) is 57.9 Å². The molecule has 0 unspecified atom stereocenters. The number of nitrogens with one attached hydrogen (secondary N) is 3. The van der Waals surface area contributed by atoms with E-state index in [1.165, 1.54) is 24.5 Å². The van der Waals surface area contributed by atoms with Crippen molar-refractivity contribution in [1.29, 1.82) is 0 Å². The zero-order chi connectivity index (χ0) is 78.6. The van der Waals surface area contributed by atoms with E-state index in [1.807, 2.05) is 127 Å². The lowest BCUT2D eigenvalue weighted by molar-refractivity contribution is -0.131. The number of ketones is 2. The smallest absolute Gasteiger partial charge is 0.328 e. The van der Waals surface area contributed by atoms with E-state index < -0.39 is 38.1 Å². The number of carboxylic acids is 1. The first-order chi connectivity index (χ1) is 49.1. The van der Waals surface area contributed by atoms with Crippen LogP contribution in [0.25, 0.3) is 6.08 Å². The lowest BCUT2D eigenvalue weighted by Crippen LogP contribution is -2.46. The van der Waals surface area contributed by atoms with Gasteiger partial charge in [0.15, 0.2) is 17.2 Å². The molecule has 105 heavy (non-hydrogen) atoms. The zero-order valence-electron chi connectivity index (χ0n) is 64.6. The van der Waals surface area contributed by atoms with E-state index in [0.29, 0.717) is 59.8 Å². The maximum Gasteiger partial charge on any atom is 0.328 e. The van der Waals surface area contributed by atoms with Crippen LogP contribution >= 0.6 is 0 Å². The topological polar surface area (TPSA) is 301 Å². The molecule has 1 atom stereocenters. The summed E-state index contributed by atoms with van der Waals surface area (Å²) in [4.78, 5) is 56.4. The van der Waals surface area contributed by atoms with Gasteiger partial charge in [-0.05, 0) is 182 Å². The number of allylic oxidation sites excluding steroid dienone is 40. The van der Waals surface area contributed by atoms with Gasteiger partial charge in [0.2, 0.25) is 21.7 Å². The van der Waals surface area contributed by atoms with Crippen LogP contribution in [0.15, 0.2) is 270 Å². The van der Waals surface area contributed by atoms with Crippen LogP contribution < -0.4 is 10.9 Å². The maximum absolute atomic E-state index is 12.8. The van der Waals surface area contributed by atoms with Crippen molar-refractivity contribution < 1.29 is 58.2 Å². The van der Waals surface area contributed by atoms with Gasteiger partial charge in [-0.25, -0.2) is 27.8 Å². The molecule has 9 N–H and O–H groups in total. The summed E-state index contributed by atoms with van der Waals surface area (Å²) < 4.78 is 25.6. The van der Waals surface area contributed by atoms with Gasteiger partial charge in [-0.1, -0.05) is 203 Å². The van der Waals surface area contributed by atoms with Crippen LogP contribution in [-0.2, 0) is 29.2 Å². The standard InChI is InChI=1S/C24H28O4.C22H29NO2.C20H27N3O2.C20H29NO5S/c1-16(10-11-20-21(26)9-6-12-24(20,3)4)7-5-8-17(2)13-18-14-19(25)15-22(27)23(18)28;1-16(10-11-19-20(24)9-6-12-22(19,3)4)7-5-8-17(2)13-18-14-21(25)23-15-18;1-14(10-11-16-18(24)9-6-12-20(16,3)4)7-5-8-15(2)13-17-19(25)22-23-21-17;1-15(8-6-9-16(2)14-19(23)24)11-12-17-18(22)10-7-13-20(17,3)27(25,26)21(4)5/h5,7-8,10-11,13-15,26-27H,6,9,12H2,1-4H3;5,7-8,10-11,13,15,24H,6,9,12,14H2,1-4H3,(H,23,25);5,7-8,10-11,13,24H,6,9,12H2,1-4H3,(H2,21,22,23,25);6,8-9,11-12,14,22H,7,10,13H2,1-5H3,(H,23,24)/b2*8-5+,11-10+,16-7+,17-13+;8-5+,11-10+,14-7+,15-13+;9-6+,12-11+,15-8+,16-14+/t;;;20-/m...0/s1. The zero-order valence-corrected chi connectivity index (χ0v) is 65.4. The minimum absolute atomic E-state index is 0.0187. The van der Waals surface area contributed by atoms with Crippen LogP contribution in [0.5, 0.6) is 0 Å². The normalized spacial score (nSPS) is 21.5. The summed E-state index contributed by atoms with van der Waals surface area (Å²) in [6.45, 7) is 30.0. The predicted octanol–water partition coefficient (Wildman–Crippen LogP) is 19.3. The molecule has 19 heteroatoms. The molecule has 0 saturated carbocycles. The molecule has 1 aromatic rings. The number of sulfonamides is 1. The number of nitrogens with zero attached hydrogens (tertiary/aromatic N) is 2. The Kier molecular flexibility index (Phi) is 33.7. The van der Waals surface area contributed by atoms with Crippen LogP contribution in [0.4, 0.5) is 0 Å². The second-order valence-corrected chi connectivity index (χ2v) is 32.3. The Labute approximate surface area is 622 Å². The number of aromatic nitrogens is 3. The number of carbonyl (C=O) groups is 4. The second kappa shape index (κ2) is 40.4. The number of aromatic amines is 2. The molecule has 0 fully saturated rings. The molecule has 1 amide bonds. The van der Waals surface area contributed by atoms with E-state index >= 15 is 0 Å². The number of hydrogen-bond acceptors (Lipinski definition) is 13. The highest BCUT2D eigenvalue weighted by molar-refractivity contribution is 7.90. The van der Waals surface area contributed by atoms with Gasteiger partial charge in [-0.15, -0.1) is 0 Å². The highest BCUT2D eigenvalue weighted by atomic mass is 32.2. The van der Waals surface area contributed by atoms with Gasteiger partial charge in [-0.2, -0.15) is 5.10 Å². The van der Waals surface area contributed by atoms with Crippen LogP contribution in [-0.4, -0.2) is 101 Å². The van der Waals surface area contributed by atoms with Crippen molar-refractivity contribution in [2.45, 2.75) is 192 Å². The number of Topliss-reactive ketones (excluding diaryl/α,β-unsaturated/α-hetero) is 1.